The van der Waals surface area contributed by atoms with Crippen LogP contribution in [0.25, 0.3) is 10.9 Å². The van der Waals surface area contributed by atoms with Gasteiger partial charge in [0.1, 0.15) is 0 Å². The molecule has 1 aliphatic heterocycles. The highest BCUT2D eigenvalue weighted by Crippen LogP contribution is 2.24. The molecule has 1 saturated heterocycles. The van der Waals surface area contributed by atoms with Crippen molar-refractivity contribution in [1.29, 1.82) is 0 Å². The van der Waals surface area contributed by atoms with Crippen molar-refractivity contribution in [1.82, 2.24) is 15.2 Å². The number of hydrogen-bond acceptors (Lipinski definition) is 3. The summed E-state index contributed by atoms with van der Waals surface area (Å²) in [6.45, 7) is 10.1. The second-order valence-corrected chi connectivity index (χ2v) is 10.5. The lowest BCUT2D eigenvalue weighted by atomic mass is 10.1. The van der Waals surface area contributed by atoms with E-state index in [1.165, 1.54) is 16.5 Å². The molecular formula is C20H31IN4O2S. The van der Waals surface area contributed by atoms with Crippen molar-refractivity contribution in [3.8, 4) is 0 Å². The van der Waals surface area contributed by atoms with Gasteiger partial charge in [-0.3, -0.25) is 4.99 Å². The van der Waals surface area contributed by atoms with E-state index in [9.17, 15) is 8.42 Å². The summed E-state index contributed by atoms with van der Waals surface area (Å²) in [6.07, 6.45) is 2.91. The van der Waals surface area contributed by atoms with Gasteiger partial charge in [-0.1, -0.05) is 12.1 Å². The molecule has 156 valence electrons. The Morgan fingerprint density at radius 3 is 2.79 bits per heavy atom. The molecule has 0 bridgehead atoms. The zero-order chi connectivity index (χ0) is 19.7. The molecule has 2 aromatic rings. The smallest absolute Gasteiger partial charge is 0.194 e. The molecular weight excluding hydrogens is 487 g/mol. The van der Waals surface area contributed by atoms with Crippen LogP contribution in [0.15, 0.2) is 29.4 Å². The summed E-state index contributed by atoms with van der Waals surface area (Å²) in [6, 6.07) is 6.28. The van der Waals surface area contributed by atoms with Crippen LogP contribution in [-0.4, -0.2) is 60.9 Å². The van der Waals surface area contributed by atoms with Gasteiger partial charge in [0, 0.05) is 43.3 Å². The maximum atomic E-state index is 12.3. The first kappa shape index (κ1) is 23.0. The number of guanidine groups is 1. The lowest BCUT2D eigenvalue weighted by Gasteiger charge is -2.39. The Kier molecular flexibility index (Phi) is 7.41. The van der Waals surface area contributed by atoms with Crippen LogP contribution in [0.1, 0.15) is 31.9 Å². The van der Waals surface area contributed by atoms with E-state index in [0.717, 1.165) is 24.4 Å². The lowest BCUT2D eigenvalue weighted by molar-refractivity contribution is 0.353. The average Bonchev–Trinajstić information content (AvgIpc) is 3.01. The summed E-state index contributed by atoms with van der Waals surface area (Å²) in [5.74, 6) is 0.975. The first-order valence-corrected chi connectivity index (χ1v) is 11.2. The number of benzene rings is 1. The standard InChI is InChI=1S/C20H30N4O2S.HI/c1-5-21-19(24-11-12-27(25,26)20(3,4)14-24)22-10-9-16-13-23-17-8-6-7-15(2)18(16)17;/h6-8,13,23H,5,9-12,14H2,1-4H3,(H,21,22);1H. The first-order valence-electron chi connectivity index (χ1n) is 9.56. The topological polar surface area (TPSA) is 77.6 Å². The van der Waals surface area contributed by atoms with E-state index in [4.69, 9.17) is 4.99 Å². The molecule has 0 spiro atoms. The number of rotatable bonds is 4. The Bertz CT molecular complexity index is 950. The van der Waals surface area contributed by atoms with Gasteiger partial charge in [0.2, 0.25) is 0 Å². The minimum atomic E-state index is -3.06. The van der Waals surface area contributed by atoms with Crippen LogP contribution in [0.2, 0.25) is 0 Å². The molecule has 0 amide bonds. The number of aromatic amines is 1. The Balaban J connectivity index is 0.00000280. The Morgan fingerprint density at radius 1 is 1.36 bits per heavy atom. The zero-order valence-electron chi connectivity index (χ0n) is 17.1. The minimum Gasteiger partial charge on any atom is -0.361 e. The van der Waals surface area contributed by atoms with E-state index < -0.39 is 14.6 Å². The molecule has 6 nitrogen and oxygen atoms in total. The van der Waals surface area contributed by atoms with E-state index in [2.05, 4.69) is 46.5 Å². The van der Waals surface area contributed by atoms with Gasteiger partial charge in [0.15, 0.2) is 15.8 Å². The molecule has 2 heterocycles. The first-order chi connectivity index (χ1) is 12.7. The van der Waals surface area contributed by atoms with E-state index >= 15 is 0 Å². The fourth-order valence-electron chi connectivity index (χ4n) is 3.68. The van der Waals surface area contributed by atoms with Gasteiger partial charge in [0.05, 0.1) is 10.5 Å². The number of aryl methyl sites for hydroxylation is 1. The number of hydrogen-bond donors (Lipinski definition) is 2. The van der Waals surface area contributed by atoms with Gasteiger partial charge < -0.3 is 15.2 Å². The molecule has 28 heavy (non-hydrogen) atoms. The maximum absolute atomic E-state index is 12.3. The molecule has 0 atom stereocenters. The zero-order valence-corrected chi connectivity index (χ0v) is 20.2. The molecule has 0 radical (unpaired) electrons. The predicted molar refractivity (Wildman–Crippen MR) is 128 cm³/mol. The van der Waals surface area contributed by atoms with Gasteiger partial charge in [-0.25, -0.2) is 8.42 Å². The summed E-state index contributed by atoms with van der Waals surface area (Å²) >= 11 is 0. The largest absolute Gasteiger partial charge is 0.361 e. The molecule has 0 unspecified atom stereocenters. The highest BCUT2D eigenvalue weighted by atomic mass is 127. The predicted octanol–water partition coefficient (Wildman–Crippen LogP) is 3.11. The van der Waals surface area contributed by atoms with Gasteiger partial charge in [-0.05, 0) is 51.3 Å². The van der Waals surface area contributed by atoms with Crippen LogP contribution in [0.5, 0.6) is 0 Å². The van der Waals surface area contributed by atoms with Gasteiger partial charge in [0.25, 0.3) is 0 Å². The van der Waals surface area contributed by atoms with Gasteiger partial charge >= 0.3 is 0 Å². The fourth-order valence-corrected chi connectivity index (χ4v) is 5.05. The monoisotopic (exact) mass is 518 g/mol. The van der Waals surface area contributed by atoms with E-state index in [1.54, 1.807) is 13.8 Å². The van der Waals surface area contributed by atoms with Gasteiger partial charge in [-0.15, -0.1) is 24.0 Å². The van der Waals surface area contributed by atoms with Crippen LogP contribution >= 0.6 is 24.0 Å². The van der Waals surface area contributed by atoms with Crippen molar-refractivity contribution in [3.05, 3.63) is 35.5 Å². The van der Waals surface area contributed by atoms with E-state index in [1.807, 2.05) is 6.92 Å². The molecule has 8 heteroatoms. The molecule has 1 aliphatic rings. The number of halogens is 1. The summed E-state index contributed by atoms with van der Waals surface area (Å²) < 4.78 is 23.8. The third-order valence-corrected chi connectivity index (χ3v) is 7.85. The van der Waals surface area contributed by atoms with E-state index in [0.29, 0.717) is 19.6 Å². The minimum absolute atomic E-state index is 0. The van der Waals surface area contributed by atoms with Crippen LogP contribution in [-0.2, 0) is 16.3 Å². The molecule has 1 aromatic carbocycles. The summed E-state index contributed by atoms with van der Waals surface area (Å²) in [7, 11) is -3.06. The number of aromatic nitrogens is 1. The highest BCUT2D eigenvalue weighted by Gasteiger charge is 2.40. The third kappa shape index (κ3) is 4.64. The summed E-state index contributed by atoms with van der Waals surface area (Å²) in [5, 5.41) is 4.60. The number of nitrogens with one attached hydrogen (secondary N) is 2. The second-order valence-electron chi connectivity index (χ2n) is 7.80. The normalized spacial score (nSPS) is 18.7. The molecule has 3 rings (SSSR count). The molecule has 0 aliphatic carbocycles. The number of sulfone groups is 1. The van der Waals surface area contributed by atoms with Crippen molar-refractivity contribution >= 4 is 50.7 Å². The van der Waals surface area contributed by atoms with Crippen molar-refractivity contribution in [3.63, 3.8) is 0 Å². The average molecular weight is 518 g/mol. The fraction of sp³-hybridized carbons (Fsp3) is 0.550. The number of fused-ring (bicyclic) bond motifs is 1. The molecule has 1 aromatic heterocycles. The molecule has 0 saturated carbocycles. The SMILES string of the molecule is CCNC(=NCCc1c[nH]c2cccc(C)c12)N1CCS(=O)(=O)C(C)(C)C1.I. The summed E-state index contributed by atoms with van der Waals surface area (Å²) in [5.41, 5.74) is 3.69. The number of H-pyrrole nitrogens is 1. The number of nitrogens with zero attached hydrogens (tertiary/aromatic N) is 2. The Hall–Kier alpha value is -1.29. The van der Waals surface area contributed by atoms with E-state index in [-0.39, 0.29) is 29.7 Å². The second kappa shape index (κ2) is 9.02. The van der Waals surface area contributed by atoms with Crippen molar-refractivity contribution in [2.45, 2.75) is 38.9 Å². The maximum Gasteiger partial charge on any atom is 0.194 e. The molecule has 1 fully saturated rings. The lowest BCUT2D eigenvalue weighted by Crippen LogP contribution is -2.57. The quantitative estimate of drug-likeness (QED) is 0.371. The van der Waals surface area contributed by atoms with Crippen LogP contribution in [0.4, 0.5) is 0 Å². The van der Waals surface area contributed by atoms with Crippen LogP contribution in [0.3, 0.4) is 0 Å². The third-order valence-electron chi connectivity index (χ3n) is 5.32. The van der Waals surface area contributed by atoms with Crippen LogP contribution in [0, 0.1) is 6.92 Å². The molecule has 2 N–H and O–H groups in total. The summed E-state index contributed by atoms with van der Waals surface area (Å²) in [4.78, 5) is 10.2. The number of aliphatic imine (C=N–C) groups is 1. The highest BCUT2D eigenvalue weighted by molar-refractivity contribution is 14.0. The van der Waals surface area contributed by atoms with Crippen LogP contribution < -0.4 is 5.32 Å². The van der Waals surface area contributed by atoms with Crippen molar-refractivity contribution in [2.75, 3.05) is 31.9 Å². The Morgan fingerprint density at radius 2 is 2.11 bits per heavy atom. The Labute approximate surface area is 185 Å². The van der Waals surface area contributed by atoms with Crippen molar-refractivity contribution < 1.29 is 8.42 Å². The van der Waals surface area contributed by atoms with Gasteiger partial charge in [-0.2, -0.15) is 0 Å². The van der Waals surface area contributed by atoms with Crippen molar-refractivity contribution in [2.24, 2.45) is 4.99 Å².